The van der Waals surface area contributed by atoms with Crippen molar-refractivity contribution in [2.24, 2.45) is 11.8 Å². The number of carbonyl (C=O) groups is 1. The molecule has 1 aromatic rings. The van der Waals surface area contributed by atoms with Crippen LogP contribution in [0.5, 0.6) is 0 Å². The molecule has 138 valence electrons. The topological polar surface area (TPSA) is 57.7 Å². The fourth-order valence-corrected chi connectivity index (χ4v) is 5.89. The van der Waals surface area contributed by atoms with Gasteiger partial charge >= 0.3 is 0 Å². The maximum Gasteiger partial charge on any atom is 0.243 e. The Labute approximate surface area is 151 Å². The summed E-state index contributed by atoms with van der Waals surface area (Å²) in [6.45, 7) is 6.22. The molecule has 3 atom stereocenters. The number of piperidine rings is 2. The largest absolute Gasteiger partial charge is 0.341 e. The van der Waals surface area contributed by atoms with Gasteiger partial charge in [-0.05, 0) is 43.2 Å². The van der Waals surface area contributed by atoms with Crippen molar-refractivity contribution < 1.29 is 13.2 Å². The Bertz CT molecular complexity index is 695. The van der Waals surface area contributed by atoms with Crippen molar-refractivity contribution in [1.82, 2.24) is 9.21 Å². The van der Waals surface area contributed by atoms with E-state index in [2.05, 4.69) is 13.8 Å². The zero-order valence-electron chi connectivity index (χ0n) is 15.1. The lowest BCUT2D eigenvalue weighted by Crippen LogP contribution is -2.55. The van der Waals surface area contributed by atoms with Gasteiger partial charge in [0.05, 0.1) is 4.90 Å². The molecule has 0 aliphatic carbocycles. The van der Waals surface area contributed by atoms with Gasteiger partial charge in [-0.2, -0.15) is 4.31 Å². The highest BCUT2D eigenvalue weighted by atomic mass is 32.2. The molecule has 5 nitrogen and oxygen atoms in total. The standard InChI is InChI=1S/C19H28N2O3S/c1-15-12-16(2)14-20(13-15)19(22)18-10-6-7-11-21(18)25(23,24)17-8-4-3-5-9-17/h3-5,8-9,15-16,18H,6-7,10-14H2,1-2H3. The van der Waals surface area contributed by atoms with Crippen LogP contribution in [0.4, 0.5) is 0 Å². The van der Waals surface area contributed by atoms with E-state index >= 15 is 0 Å². The van der Waals surface area contributed by atoms with E-state index in [0.717, 1.165) is 32.4 Å². The third-order valence-electron chi connectivity index (χ3n) is 5.27. The van der Waals surface area contributed by atoms with Crippen LogP contribution in [0.3, 0.4) is 0 Å². The second-order valence-electron chi connectivity index (χ2n) is 7.63. The molecular weight excluding hydrogens is 336 g/mol. The van der Waals surface area contributed by atoms with Crippen molar-refractivity contribution in [1.29, 1.82) is 0 Å². The van der Waals surface area contributed by atoms with Gasteiger partial charge in [-0.3, -0.25) is 4.79 Å². The van der Waals surface area contributed by atoms with E-state index in [9.17, 15) is 13.2 Å². The summed E-state index contributed by atoms with van der Waals surface area (Å²) in [7, 11) is -3.64. The molecule has 0 bridgehead atoms. The summed E-state index contributed by atoms with van der Waals surface area (Å²) in [5.41, 5.74) is 0. The monoisotopic (exact) mass is 364 g/mol. The predicted octanol–water partition coefficient (Wildman–Crippen LogP) is 2.73. The van der Waals surface area contributed by atoms with Gasteiger partial charge in [0.1, 0.15) is 6.04 Å². The van der Waals surface area contributed by atoms with Crippen LogP contribution < -0.4 is 0 Å². The minimum absolute atomic E-state index is 0.0161. The number of rotatable bonds is 3. The third kappa shape index (κ3) is 3.90. The molecule has 25 heavy (non-hydrogen) atoms. The zero-order chi connectivity index (χ0) is 18.0. The van der Waals surface area contributed by atoms with Crippen LogP contribution >= 0.6 is 0 Å². The quantitative estimate of drug-likeness (QED) is 0.829. The molecule has 0 radical (unpaired) electrons. The normalized spacial score (nSPS) is 28.7. The van der Waals surface area contributed by atoms with E-state index in [0.29, 0.717) is 24.8 Å². The Balaban J connectivity index is 1.85. The van der Waals surface area contributed by atoms with Crippen molar-refractivity contribution in [2.75, 3.05) is 19.6 Å². The molecule has 2 aliphatic heterocycles. The fourth-order valence-electron chi connectivity index (χ4n) is 4.22. The summed E-state index contributed by atoms with van der Waals surface area (Å²) in [6.07, 6.45) is 3.45. The molecule has 3 unspecified atom stereocenters. The maximum atomic E-state index is 13.2. The van der Waals surface area contributed by atoms with Gasteiger partial charge in [0, 0.05) is 19.6 Å². The number of sulfonamides is 1. The first-order valence-corrected chi connectivity index (χ1v) is 10.7. The molecule has 3 rings (SSSR count). The number of benzene rings is 1. The third-order valence-corrected chi connectivity index (χ3v) is 7.19. The van der Waals surface area contributed by atoms with Gasteiger partial charge in [-0.25, -0.2) is 8.42 Å². The Morgan fingerprint density at radius 3 is 2.32 bits per heavy atom. The maximum absolute atomic E-state index is 13.2. The first-order valence-electron chi connectivity index (χ1n) is 9.25. The van der Waals surface area contributed by atoms with Crippen LogP contribution in [-0.4, -0.2) is 49.2 Å². The van der Waals surface area contributed by atoms with Crippen LogP contribution in [0.15, 0.2) is 35.2 Å². The number of hydrogen-bond donors (Lipinski definition) is 0. The molecular formula is C19H28N2O3S. The zero-order valence-corrected chi connectivity index (χ0v) is 15.9. The Hall–Kier alpha value is -1.40. The van der Waals surface area contributed by atoms with E-state index in [1.54, 1.807) is 30.3 Å². The summed E-state index contributed by atoms with van der Waals surface area (Å²) >= 11 is 0. The number of nitrogens with zero attached hydrogens (tertiary/aromatic N) is 2. The van der Waals surface area contributed by atoms with E-state index in [1.165, 1.54) is 4.31 Å². The van der Waals surface area contributed by atoms with Crippen molar-refractivity contribution in [3.63, 3.8) is 0 Å². The SMILES string of the molecule is CC1CC(C)CN(C(=O)C2CCCCN2S(=O)(=O)c2ccccc2)C1. The van der Waals surface area contributed by atoms with Gasteiger partial charge in [0.2, 0.25) is 15.9 Å². The van der Waals surface area contributed by atoms with Crippen LogP contribution in [0.2, 0.25) is 0 Å². The van der Waals surface area contributed by atoms with Crippen molar-refractivity contribution in [2.45, 2.75) is 50.5 Å². The molecule has 1 amide bonds. The van der Waals surface area contributed by atoms with E-state index in [4.69, 9.17) is 0 Å². The Morgan fingerprint density at radius 2 is 1.68 bits per heavy atom. The first-order chi connectivity index (χ1) is 11.9. The minimum Gasteiger partial charge on any atom is -0.341 e. The smallest absolute Gasteiger partial charge is 0.243 e. The van der Waals surface area contributed by atoms with Gasteiger partial charge in [0.25, 0.3) is 0 Å². The van der Waals surface area contributed by atoms with Crippen molar-refractivity contribution >= 4 is 15.9 Å². The molecule has 0 aromatic heterocycles. The lowest BCUT2D eigenvalue weighted by atomic mass is 9.91. The minimum atomic E-state index is -3.64. The highest BCUT2D eigenvalue weighted by molar-refractivity contribution is 7.89. The Kier molecular flexibility index (Phi) is 5.49. The Morgan fingerprint density at radius 1 is 1.04 bits per heavy atom. The molecule has 0 saturated carbocycles. The van der Waals surface area contributed by atoms with Gasteiger partial charge in [-0.1, -0.05) is 38.5 Å². The number of carbonyl (C=O) groups excluding carboxylic acids is 1. The summed E-state index contributed by atoms with van der Waals surface area (Å²) in [5, 5.41) is 0. The molecule has 1 aromatic carbocycles. The molecule has 2 heterocycles. The highest BCUT2D eigenvalue weighted by Gasteiger charge is 2.40. The summed E-state index contributed by atoms with van der Waals surface area (Å²) in [6, 6.07) is 7.90. The lowest BCUT2D eigenvalue weighted by Gasteiger charge is -2.40. The second kappa shape index (κ2) is 7.46. The van der Waals surface area contributed by atoms with Crippen molar-refractivity contribution in [3.8, 4) is 0 Å². The number of amides is 1. The summed E-state index contributed by atoms with van der Waals surface area (Å²) in [5.74, 6) is 0.920. The molecule has 6 heteroatoms. The summed E-state index contributed by atoms with van der Waals surface area (Å²) < 4.78 is 27.6. The van der Waals surface area contributed by atoms with Crippen LogP contribution in [0, 0.1) is 11.8 Å². The summed E-state index contributed by atoms with van der Waals surface area (Å²) in [4.78, 5) is 15.3. The molecule has 2 saturated heterocycles. The van der Waals surface area contributed by atoms with E-state index < -0.39 is 16.1 Å². The molecule has 0 N–H and O–H groups in total. The average molecular weight is 365 g/mol. The van der Waals surface area contributed by atoms with Crippen LogP contribution in [0.1, 0.15) is 39.5 Å². The molecule has 0 spiro atoms. The van der Waals surface area contributed by atoms with Crippen LogP contribution in [0.25, 0.3) is 0 Å². The van der Waals surface area contributed by atoms with Gasteiger partial charge < -0.3 is 4.90 Å². The fraction of sp³-hybridized carbons (Fsp3) is 0.632. The first kappa shape index (κ1) is 18.4. The van der Waals surface area contributed by atoms with Crippen LogP contribution in [-0.2, 0) is 14.8 Å². The number of hydrogen-bond acceptors (Lipinski definition) is 3. The lowest BCUT2D eigenvalue weighted by molar-refractivity contribution is -0.139. The average Bonchev–Trinajstić information content (AvgIpc) is 2.61. The van der Waals surface area contributed by atoms with Gasteiger partial charge in [0.15, 0.2) is 0 Å². The number of likely N-dealkylation sites (tertiary alicyclic amines) is 1. The molecule has 2 aliphatic rings. The van der Waals surface area contributed by atoms with Crippen molar-refractivity contribution in [3.05, 3.63) is 30.3 Å². The van der Waals surface area contributed by atoms with E-state index in [-0.39, 0.29) is 10.8 Å². The van der Waals surface area contributed by atoms with Gasteiger partial charge in [-0.15, -0.1) is 0 Å². The molecule has 2 fully saturated rings. The predicted molar refractivity (Wildman–Crippen MR) is 97.5 cm³/mol. The highest BCUT2D eigenvalue weighted by Crippen LogP contribution is 2.29. The second-order valence-corrected chi connectivity index (χ2v) is 9.52. The van der Waals surface area contributed by atoms with E-state index in [1.807, 2.05) is 4.90 Å².